The summed E-state index contributed by atoms with van der Waals surface area (Å²) < 4.78 is 43.8. The number of hydrogen-bond acceptors (Lipinski definition) is 4. The second kappa shape index (κ2) is 3.48. The van der Waals surface area contributed by atoms with Gasteiger partial charge in [-0.3, -0.25) is 0 Å². The minimum atomic E-state index is -3.69. The van der Waals surface area contributed by atoms with Crippen LogP contribution in [-0.2, 0) is 20.0 Å². The predicted octanol–water partition coefficient (Wildman–Crippen LogP) is -2.18. The van der Waals surface area contributed by atoms with Crippen molar-refractivity contribution in [3.05, 3.63) is 0 Å². The highest BCUT2D eigenvalue weighted by atomic mass is 32.2. The molecule has 0 radical (unpaired) electrons. The second-order valence-corrected chi connectivity index (χ2v) is 5.67. The number of hydrogen-bond donors (Lipinski definition) is 2. The number of primary sulfonamides is 1. The van der Waals surface area contributed by atoms with E-state index in [0.29, 0.717) is 0 Å². The van der Waals surface area contributed by atoms with Crippen LogP contribution in [0.5, 0.6) is 0 Å². The van der Waals surface area contributed by atoms with Crippen molar-refractivity contribution in [2.24, 2.45) is 5.14 Å². The Bertz CT molecular complexity index is 302. The molecule has 0 atom stereocenters. The van der Waals surface area contributed by atoms with Crippen LogP contribution in [0.3, 0.4) is 0 Å². The van der Waals surface area contributed by atoms with Crippen molar-refractivity contribution < 1.29 is 16.8 Å². The average molecular weight is 202 g/mol. The third-order valence-electron chi connectivity index (χ3n) is 0.948. The predicted molar refractivity (Wildman–Crippen MR) is 40.8 cm³/mol. The van der Waals surface area contributed by atoms with Gasteiger partial charge in [0.05, 0.1) is 11.5 Å². The highest BCUT2D eigenvalue weighted by molar-refractivity contribution is 7.93. The van der Waals surface area contributed by atoms with E-state index in [1.54, 1.807) is 0 Å². The highest BCUT2D eigenvalue weighted by Gasteiger charge is 2.11. The van der Waals surface area contributed by atoms with E-state index in [1.165, 1.54) is 7.05 Å². The number of sulfonamides is 2. The van der Waals surface area contributed by atoms with Crippen molar-refractivity contribution in [1.29, 1.82) is 0 Å². The van der Waals surface area contributed by atoms with Gasteiger partial charge in [0.1, 0.15) is 0 Å². The Morgan fingerprint density at radius 2 is 1.64 bits per heavy atom. The zero-order chi connectivity index (χ0) is 9.12. The van der Waals surface area contributed by atoms with Crippen molar-refractivity contribution in [3.63, 3.8) is 0 Å². The molecule has 0 heterocycles. The van der Waals surface area contributed by atoms with Crippen molar-refractivity contribution in [3.8, 4) is 0 Å². The fraction of sp³-hybridized carbons (Fsp3) is 1.00. The van der Waals surface area contributed by atoms with Gasteiger partial charge >= 0.3 is 0 Å². The molecule has 0 saturated heterocycles. The van der Waals surface area contributed by atoms with Gasteiger partial charge in [-0.25, -0.2) is 26.7 Å². The zero-order valence-electron chi connectivity index (χ0n) is 5.94. The third kappa shape index (κ3) is 6.23. The van der Waals surface area contributed by atoms with Crippen LogP contribution in [0.2, 0.25) is 0 Å². The molecular weight excluding hydrogens is 192 g/mol. The van der Waals surface area contributed by atoms with Gasteiger partial charge in [0, 0.05) is 0 Å². The van der Waals surface area contributed by atoms with Gasteiger partial charge in [0.25, 0.3) is 0 Å². The first-order valence-corrected chi connectivity index (χ1v) is 6.05. The lowest BCUT2D eigenvalue weighted by Gasteiger charge is -1.99. The molecule has 0 saturated carbocycles. The molecule has 68 valence electrons. The maximum Gasteiger partial charge on any atom is 0.212 e. The summed E-state index contributed by atoms with van der Waals surface area (Å²) in [6.45, 7) is 0. The molecule has 0 bridgehead atoms. The molecule has 6 nitrogen and oxygen atoms in total. The molecule has 0 aromatic carbocycles. The molecule has 0 rings (SSSR count). The van der Waals surface area contributed by atoms with Crippen LogP contribution in [-0.4, -0.2) is 35.4 Å². The standard InChI is InChI=1S/C3H10N2O4S2/c1-5-11(8,9)3-2-10(4,6)7/h5H,2-3H2,1H3,(H2,4,6,7). The SMILES string of the molecule is CNS(=O)(=O)CCS(N)(=O)=O. The van der Waals surface area contributed by atoms with Crippen LogP contribution in [0, 0.1) is 0 Å². The zero-order valence-corrected chi connectivity index (χ0v) is 7.57. The van der Waals surface area contributed by atoms with E-state index in [9.17, 15) is 16.8 Å². The summed E-state index contributed by atoms with van der Waals surface area (Å²) in [5, 5.41) is 4.58. The Morgan fingerprint density at radius 1 is 1.18 bits per heavy atom. The quantitative estimate of drug-likeness (QED) is 0.540. The van der Waals surface area contributed by atoms with Gasteiger partial charge in [-0.15, -0.1) is 0 Å². The number of rotatable bonds is 4. The molecule has 0 spiro atoms. The minimum Gasteiger partial charge on any atom is -0.229 e. The van der Waals surface area contributed by atoms with Gasteiger partial charge in [-0.1, -0.05) is 0 Å². The summed E-state index contributed by atoms with van der Waals surface area (Å²) >= 11 is 0. The average Bonchev–Trinajstić information content (AvgIpc) is 1.83. The fourth-order valence-electron chi connectivity index (χ4n) is 0.328. The number of nitrogens with one attached hydrogen (secondary N) is 1. The molecule has 0 aromatic rings. The van der Waals surface area contributed by atoms with E-state index < -0.39 is 31.6 Å². The first-order valence-electron chi connectivity index (χ1n) is 2.68. The van der Waals surface area contributed by atoms with Crippen molar-refractivity contribution in [2.75, 3.05) is 18.6 Å². The van der Waals surface area contributed by atoms with Crippen LogP contribution < -0.4 is 9.86 Å². The normalized spacial score (nSPS) is 13.3. The smallest absolute Gasteiger partial charge is 0.212 e. The van der Waals surface area contributed by atoms with Crippen molar-refractivity contribution in [1.82, 2.24) is 4.72 Å². The molecule has 0 amide bonds. The Balaban J connectivity index is 4.13. The molecule has 11 heavy (non-hydrogen) atoms. The summed E-state index contributed by atoms with van der Waals surface area (Å²) in [6.07, 6.45) is 0. The summed E-state index contributed by atoms with van der Waals surface area (Å²) in [4.78, 5) is 0. The highest BCUT2D eigenvalue weighted by Crippen LogP contribution is 1.85. The Morgan fingerprint density at radius 3 is 1.91 bits per heavy atom. The van der Waals surface area contributed by atoms with Crippen molar-refractivity contribution >= 4 is 20.0 Å². The van der Waals surface area contributed by atoms with Crippen LogP contribution in [0.25, 0.3) is 0 Å². The summed E-state index contributed by atoms with van der Waals surface area (Å²) in [5.74, 6) is -1.06. The molecule has 0 aliphatic carbocycles. The molecule has 0 aliphatic heterocycles. The molecule has 0 aromatic heterocycles. The maximum absolute atomic E-state index is 10.6. The van der Waals surface area contributed by atoms with E-state index in [0.717, 1.165) is 0 Å². The summed E-state index contributed by atoms with van der Waals surface area (Å²) in [6, 6.07) is 0. The van der Waals surface area contributed by atoms with E-state index in [2.05, 4.69) is 5.14 Å². The minimum absolute atomic E-state index is 0.498. The van der Waals surface area contributed by atoms with Gasteiger partial charge in [0.2, 0.25) is 20.0 Å². The Hall–Kier alpha value is -0.180. The van der Waals surface area contributed by atoms with E-state index >= 15 is 0 Å². The van der Waals surface area contributed by atoms with Crippen LogP contribution in [0.15, 0.2) is 0 Å². The van der Waals surface area contributed by atoms with Gasteiger partial charge in [-0.2, -0.15) is 0 Å². The van der Waals surface area contributed by atoms with Gasteiger partial charge in [0.15, 0.2) is 0 Å². The largest absolute Gasteiger partial charge is 0.229 e. The molecule has 0 unspecified atom stereocenters. The Kier molecular flexibility index (Phi) is 3.42. The maximum atomic E-state index is 10.6. The van der Waals surface area contributed by atoms with Crippen molar-refractivity contribution in [2.45, 2.75) is 0 Å². The topological polar surface area (TPSA) is 106 Å². The van der Waals surface area contributed by atoms with Gasteiger partial charge in [-0.05, 0) is 7.05 Å². The fourth-order valence-corrected chi connectivity index (χ4v) is 2.34. The van der Waals surface area contributed by atoms with E-state index in [1.807, 2.05) is 4.72 Å². The lowest BCUT2D eigenvalue weighted by Crippen LogP contribution is -2.29. The van der Waals surface area contributed by atoms with Crippen LogP contribution in [0.4, 0.5) is 0 Å². The Labute approximate surface area is 65.9 Å². The lowest BCUT2D eigenvalue weighted by atomic mass is 11.0. The van der Waals surface area contributed by atoms with E-state index in [-0.39, 0.29) is 0 Å². The molecule has 0 fully saturated rings. The first-order chi connectivity index (χ1) is 4.77. The second-order valence-electron chi connectivity index (χ2n) is 1.89. The van der Waals surface area contributed by atoms with E-state index in [4.69, 9.17) is 0 Å². The summed E-state index contributed by atoms with van der Waals surface area (Å²) in [5.41, 5.74) is 0. The van der Waals surface area contributed by atoms with Crippen LogP contribution in [0.1, 0.15) is 0 Å². The monoisotopic (exact) mass is 202 g/mol. The molecular formula is C3H10N2O4S2. The first kappa shape index (κ1) is 10.8. The molecule has 8 heteroatoms. The third-order valence-corrected chi connectivity index (χ3v) is 3.34. The van der Waals surface area contributed by atoms with Crippen LogP contribution >= 0.6 is 0 Å². The number of nitrogens with two attached hydrogens (primary N) is 1. The van der Waals surface area contributed by atoms with Gasteiger partial charge < -0.3 is 0 Å². The lowest BCUT2D eigenvalue weighted by molar-refractivity contribution is 0.583. The molecule has 3 N–H and O–H groups in total. The molecule has 0 aliphatic rings. The summed E-state index contributed by atoms with van der Waals surface area (Å²) in [7, 11) is -5.94.